The molecule has 118 valence electrons. The number of ketones is 1. The molecule has 0 N–H and O–H groups in total. The smallest absolute Gasteiger partial charge is 0.319 e. The van der Waals surface area contributed by atoms with Gasteiger partial charge >= 0.3 is 6.03 Å². The molecule has 0 bridgehead atoms. The first-order valence-corrected chi connectivity index (χ1v) is 7.77. The molecule has 1 aromatic carbocycles. The molecule has 2 aliphatic rings. The highest BCUT2D eigenvalue weighted by Crippen LogP contribution is 2.42. The lowest BCUT2D eigenvalue weighted by molar-refractivity contribution is -0.00263. The van der Waals surface area contributed by atoms with E-state index in [1.165, 1.54) is 0 Å². The van der Waals surface area contributed by atoms with Gasteiger partial charge in [-0.3, -0.25) is 4.79 Å². The van der Waals surface area contributed by atoms with Crippen molar-refractivity contribution in [3.63, 3.8) is 0 Å². The van der Waals surface area contributed by atoms with E-state index in [4.69, 9.17) is 16.3 Å². The van der Waals surface area contributed by atoms with Crippen LogP contribution < -0.4 is 4.74 Å². The van der Waals surface area contributed by atoms with E-state index in [0.717, 1.165) is 0 Å². The van der Waals surface area contributed by atoms with E-state index in [-0.39, 0.29) is 11.8 Å². The van der Waals surface area contributed by atoms with Crippen LogP contribution in [0.5, 0.6) is 5.75 Å². The summed E-state index contributed by atoms with van der Waals surface area (Å²) in [6.07, 6.45) is 1.64. The molecule has 2 aliphatic heterocycles. The number of carbonyl (C=O) groups is 2. The summed E-state index contributed by atoms with van der Waals surface area (Å²) in [6, 6.07) is 5.24. The highest BCUT2D eigenvalue weighted by atomic mass is 35.5. The van der Waals surface area contributed by atoms with Gasteiger partial charge in [0.1, 0.15) is 11.4 Å². The zero-order chi connectivity index (χ0) is 15.9. The first kappa shape index (κ1) is 15.2. The number of nitrogens with zero attached hydrogens (tertiary/aromatic N) is 2. The number of halogens is 1. The number of hydrogen-bond acceptors (Lipinski definition) is 3. The maximum Gasteiger partial charge on any atom is 0.319 e. The van der Waals surface area contributed by atoms with Gasteiger partial charge in [0.05, 0.1) is 17.0 Å². The Labute approximate surface area is 134 Å². The topological polar surface area (TPSA) is 49.9 Å². The maximum absolute atomic E-state index is 12.4. The van der Waals surface area contributed by atoms with Crippen LogP contribution in [0.4, 0.5) is 4.79 Å². The summed E-state index contributed by atoms with van der Waals surface area (Å²) in [6.45, 7) is 1.17. The minimum absolute atomic E-state index is 0.00424. The van der Waals surface area contributed by atoms with Gasteiger partial charge in [-0.1, -0.05) is 17.7 Å². The number of hydrogen-bond donors (Lipinski definition) is 0. The number of piperidine rings is 1. The van der Waals surface area contributed by atoms with Crippen LogP contribution in [0.2, 0.25) is 5.02 Å². The van der Waals surface area contributed by atoms with Crippen molar-refractivity contribution >= 4 is 23.4 Å². The molecule has 3 rings (SSSR count). The summed E-state index contributed by atoms with van der Waals surface area (Å²) in [5, 5.41) is 0.469. The van der Waals surface area contributed by atoms with Crippen molar-refractivity contribution in [3.05, 3.63) is 28.8 Å². The van der Waals surface area contributed by atoms with Gasteiger partial charge in [-0.25, -0.2) is 4.79 Å². The number of fused-ring (bicyclic) bond motifs is 1. The van der Waals surface area contributed by atoms with E-state index in [1.54, 1.807) is 42.1 Å². The summed E-state index contributed by atoms with van der Waals surface area (Å²) in [5.41, 5.74) is 0.0305. The van der Waals surface area contributed by atoms with E-state index in [9.17, 15) is 9.59 Å². The number of Topliss-reactive ketones (excluding diaryl/α,β-unsaturated/α-hetero) is 1. The largest absolute Gasteiger partial charge is 0.484 e. The van der Waals surface area contributed by atoms with Crippen molar-refractivity contribution in [1.82, 2.24) is 9.80 Å². The molecular weight excluding hydrogens is 304 g/mol. The summed E-state index contributed by atoms with van der Waals surface area (Å²) in [5.74, 6) is 0.559. The Balaban J connectivity index is 1.79. The van der Waals surface area contributed by atoms with Crippen LogP contribution in [0.1, 0.15) is 29.6 Å². The molecule has 0 atom stereocenters. The Hall–Kier alpha value is -1.75. The van der Waals surface area contributed by atoms with Gasteiger partial charge in [0.25, 0.3) is 0 Å². The molecule has 0 radical (unpaired) electrons. The van der Waals surface area contributed by atoms with Crippen LogP contribution in [0.15, 0.2) is 18.2 Å². The number of likely N-dealkylation sites (tertiary alicyclic amines) is 1. The van der Waals surface area contributed by atoms with Gasteiger partial charge in [-0.15, -0.1) is 0 Å². The fourth-order valence-corrected chi connectivity index (χ4v) is 3.35. The normalized spacial score (nSPS) is 19.6. The summed E-state index contributed by atoms with van der Waals surface area (Å²) in [7, 11) is 3.48. The minimum Gasteiger partial charge on any atom is -0.484 e. The van der Waals surface area contributed by atoms with Crippen LogP contribution >= 0.6 is 11.6 Å². The van der Waals surface area contributed by atoms with Crippen LogP contribution in [-0.2, 0) is 0 Å². The second kappa shape index (κ2) is 5.47. The van der Waals surface area contributed by atoms with Crippen molar-refractivity contribution in [2.75, 3.05) is 27.2 Å². The van der Waals surface area contributed by atoms with Crippen molar-refractivity contribution in [1.29, 1.82) is 0 Å². The number of urea groups is 1. The average molecular weight is 323 g/mol. The fourth-order valence-electron chi connectivity index (χ4n) is 3.14. The van der Waals surface area contributed by atoms with Crippen LogP contribution in [0, 0.1) is 0 Å². The molecule has 1 spiro atoms. The number of rotatable bonds is 0. The monoisotopic (exact) mass is 322 g/mol. The van der Waals surface area contributed by atoms with E-state index in [2.05, 4.69) is 0 Å². The molecule has 1 saturated heterocycles. The quantitative estimate of drug-likeness (QED) is 0.738. The second-order valence-corrected chi connectivity index (χ2v) is 6.57. The van der Waals surface area contributed by atoms with Crippen LogP contribution in [-0.4, -0.2) is 54.4 Å². The summed E-state index contributed by atoms with van der Waals surface area (Å²) >= 11 is 6.18. The predicted molar refractivity (Wildman–Crippen MR) is 83.6 cm³/mol. The van der Waals surface area contributed by atoms with E-state index in [0.29, 0.717) is 48.7 Å². The highest BCUT2D eigenvalue weighted by molar-refractivity contribution is 6.32. The lowest BCUT2D eigenvalue weighted by atomic mass is 9.82. The zero-order valence-corrected chi connectivity index (χ0v) is 13.5. The Bertz CT molecular complexity index is 622. The third kappa shape index (κ3) is 2.54. The molecule has 2 heterocycles. The van der Waals surface area contributed by atoms with Crippen LogP contribution in [0.3, 0.4) is 0 Å². The molecule has 1 fully saturated rings. The highest BCUT2D eigenvalue weighted by Gasteiger charge is 2.44. The molecular formula is C16H19ClN2O3. The number of carbonyl (C=O) groups excluding carboxylic acids is 2. The standard InChI is InChI=1S/C16H19ClN2O3/c1-18(2)15(21)19-8-6-16(7-9-19)10-13(20)11-4-3-5-12(17)14(11)22-16/h3-5H,6-10H2,1-2H3. The van der Waals surface area contributed by atoms with Crippen molar-refractivity contribution in [2.24, 2.45) is 0 Å². The Morgan fingerprint density at radius 2 is 2.00 bits per heavy atom. The van der Waals surface area contributed by atoms with E-state index < -0.39 is 5.60 Å². The van der Waals surface area contributed by atoms with Crippen molar-refractivity contribution in [2.45, 2.75) is 24.9 Å². The third-order valence-electron chi connectivity index (χ3n) is 4.40. The molecule has 0 aliphatic carbocycles. The van der Waals surface area contributed by atoms with Gasteiger partial charge in [-0.2, -0.15) is 0 Å². The zero-order valence-electron chi connectivity index (χ0n) is 12.8. The number of benzene rings is 1. The molecule has 5 nitrogen and oxygen atoms in total. The van der Waals surface area contributed by atoms with Gasteiger partial charge in [-0.05, 0) is 12.1 Å². The first-order chi connectivity index (χ1) is 10.4. The first-order valence-electron chi connectivity index (χ1n) is 7.39. The molecule has 0 saturated carbocycles. The number of para-hydroxylation sites is 1. The maximum atomic E-state index is 12.4. The lowest BCUT2D eigenvalue weighted by Crippen LogP contribution is -2.53. The molecule has 6 heteroatoms. The molecule has 2 amide bonds. The fraction of sp³-hybridized carbons (Fsp3) is 0.500. The van der Waals surface area contributed by atoms with Crippen LogP contribution in [0.25, 0.3) is 0 Å². The van der Waals surface area contributed by atoms with Gasteiger partial charge in [0.2, 0.25) is 0 Å². The Morgan fingerprint density at radius 1 is 1.32 bits per heavy atom. The minimum atomic E-state index is -0.530. The van der Waals surface area contributed by atoms with Gasteiger partial charge in [0.15, 0.2) is 5.78 Å². The van der Waals surface area contributed by atoms with Gasteiger partial charge < -0.3 is 14.5 Å². The summed E-state index contributed by atoms with van der Waals surface area (Å²) in [4.78, 5) is 27.8. The van der Waals surface area contributed by atoms with Crippen molar-refractivity contribution in [3.8, 4) is 5.75 Å². The Morgan fingerprint density at radius 3 is 2.64 bits per heavy atom. The van der Waals surface area contributed by atoms with E-state index in [1.807, 2.05) is 0 Å². The number of ether oxygens (including phenoxy) is 1. The SMILES string of the molecule is CN(C)C(=O)N1CCC2(CC1)CC(=O)c1cccc(Cl)c1O2. The molecule has 0 unspecified atom stereocenters. The predicted octanol–water partition coefficient (Wildman–Crippen LogP) is 2.82. The second-order valence-electron chi connectivity index (χ2n) is 6.17. The molecule has 0 aromatic heterocycles. The molecule has 22 heavy (non-hydrogen) atoms. The Kier molecular flexibility index (Phi) is 3.77. The summed E-state index contributed by atoms with van der Waals surface area (Å²) < 4.78 is 6.15. The lowest BCUT2D eigenvalue weighted by Gasteiger charge is -2.44. The van der Waals surface area contributed by atoms with Gasteiger partial charge in [0, 0.05) is 40.0 Å². The number of amides is 2. The van der Waals surface area contributed by atoms with Crippen molar-refractivity contribution < 1.29 is 14.3 Å². The average Bonchev–Trinajstić information content (AvgIpc) is 2.48. The molecule has 1 aromatic rings. The third-order valence-corrected chi connectivity index (χ3v) is 4.69. The van der Waals surface area contributed by atoms with E-state index >= 15 is 0 Å².